The molecule has 1 saturated heterocycles. The van der Waals surface area contributed by atoms with Crippen molar-refractivity contribution in [2.24, 2.45) is 5.92 Å². The molecule has 1 N–H and O–H groups in total. The summed E-state index contributed by atoms with van der Waals surface area (Å²) in [6, 6.07) is 0. The normalized spacial score (nSPS) is 25.2. The molecule has 4 nitrogen and oxygen atoms in total. The highest BCUT2D eigenvalue weighted by atomic mass is 35.5. The van der Waals surface area contributed by atoms with Crippen molar-refractivity contribution in [2.75, 3.05) is 27.2 Å². The Morgan fingerprint density at radius 1 is 1.50 bits per heavy atom. The van der Waals surface area contributed by atoms with E-state index in [0.29, 0.717) is 12.8 Å². The highest BCUT2D eigenvalue weighted by Gasteiger charge is 2.30. The molecule has 0 radical (unpaired) electrons. The Morgan fingerprint density at radius 3 is 2.62 bits per heavy atom. The van der Waals surface area contributed by atoms with Crippen molar-refractivity contribution < 1.29 is 9.53 Å². The minimum absolute atomic E-state index is 0. The maximum absolute atomic E-state index is 11.5. The van der Waals surface area contributed by atoms with E-state index in [2.05, 4.69) is 17.3 Å². The van der Waals surface area contributed by atoms with Gasteiger partial charge in [-0.25, -0.2) is 0 Å². The number of ether oxygens (including phenoxy) is 1. The van der Waals surface area contributed by atoms with Crippen LogP contribution in [0.4, 0.5) is 0 Å². The number of carbonyl (C=O) groups excluding carboxylic acids is 1. The summed E-state index contributed by atoms with van der Waals surface area (Å²) >= 11 is 0. The lowest BCUT2D eigenvalue weighted by atomic mass is 9.95. The molecular weight excluding hydrogens is 251 g/mol. The topological polar surface area (TPSA) is 41.6 Å². The van der Waals surface area contributed by atoms with Gasteiger partial charge in [-0.2, -0.15) is 0 Å². The first kappa shape index (κ1) is 18.3. The number of hydrogen-bond acceptors (Lipinski definition) is 4. The highest BCUT2D eigenvalue weighted by Crippen LogP contribution is 2.21. The van der Waals surface area contributed by atoms with Gasteiger partial charge in [-0.15, -0.1) is 24.8 Å². The molecule has 98 valence electrons. The number of piperidine rings is 1. The van der Waals surface area contributed by atoms with E-state index in [9.17, 15) is 4.79 Å². The van der Waals surface area contributed by atoms with Crippen LogP contribution in [0.3, 0.4) is 0 Å². The number of nitrogens with one attached hydrogen (secondary N) is 1. The summed E-state index contributed by atoms with van der Waals surface area (Å²) in [6.07, 6.45) is 2.07. The van der Waals surface area contributed by atoms with Gasteiger partial charge in [0.1, 0.15) is 0 Å². The van der Waals surface area contributed by atoms with Crippen molar-refractivity contribution in [1.82, 2.24) is 10.2 Å². The van der Waals surface area contributed by atoms with E-state index in [1.54, 1.807) is 0 Å². The third-order valence-electron chi connectivity index (χ3n) is 2.82. The average Bonchev–Trinajstić information content (AvgIpc) is 2.19. The quantitative estimate of drug-likeness (QED) is 0.787. The molecule has 2 atom stereocenters. The van der Waals surface area contributed by atoms with Crippen LogP contribution < -0.4 is 5.32 Å². The summed E-state index contributed by atoms with van der Waals surface area (Å²) in [5, 5.41) is 3.20. The lowest BCUT2D eigenvalue weighted by molar-refractivity contribution is -0.150. The van der Waals surface area contributed by atoms with Gasteiger partial charge in [-0.1, -0.05) is 0 Å². The number of hydrogen-bond donors (Lipinski definition) is 1. The Kier molecular flexibility index (Phi) is 10.4. The van der Waals surface area contributed by atoms with Gasteiger partial charge < -0.3 is 10.1 Å². The zero-order chi connectivity index (χ0) is 10.6. The van der Waals surface area contributed by atoms with Crippen LogP contribution in [-0.4, -0.2) is 44.3 Å². The van der Waals surface area contributed by atoms with Gasteiger partial charge >= 0.3 is 5.97 Å². The van der Waals surface area contributed by atoms with Gasteiger partial charge in [0.15, 0.2) is 0 Å². The molecule has 0 aromatic heterocycles. The summed E-state index contributed by atoms with van der Waals surface area (Å²) in [5.41, 5.74) is 0. The average molecular weight is 273 g/mol. The van der Waals surface area contributed by atoms with Crippen molar-refractivity contribution in [3.05, 3.63) is 0 Å². The Labute approximate surface area is 110 Å². The largest absolute Gasteiger partial charge is 0.466 e. The first-order valence-corrected chi connectivity index (χ1v) is 5.23. The molecule has 0 saturated carbocycles. The van der Waals surface area contributed by atoms with Crippen molar-refractivity contribution in [1.29, 1.82) is 0 Å². The monoisotopic (exact) mass is 272 g/mol. The van der Waals surface area contributed by atoms with E-state index >= 15 is 0 Å². The number of carbonyl (C=O) groups is 1. The lowest BCUT2D eigenvalue weighted by Crippen LogP contribution is -2.48. The van der Waals surface area contributed by atoms with Crippen LogP contribution in [0.1, 0.15) is 19.8 Å². The maximum atomic E-state index is 11.5. The van der Waals surface area contributed by atoms with Gasteiger partial charge in [-0.05, 0) is 33.9 Å². The first-order valence-electron chi connectivity index (χ1n) is 5.23. The number of rotatable bonds is 3. The van der Waals surface area contributed by atoms with Gasteiger partial charge in [0.05, 0.1) is 18.7 Å². The standard InChI is InChI=1S/C10H20N2O2.2ClH/c1-4-14-10(13)8-5-6-12(3)9(7-8)11-2;;/h8-9,11H,4-7H2,1-3H3;2*1H. The molecule has 0 aromatic carbocycles. The molecule has 1 aliphatic heterocycles. The van der Waals surface area contributed by atoms with Crippen LogP contribution in [0, 0.1) is 5.92 Å². The second-order valence-electron chi connectivity index (χ2n) is 3.76. The zero-order valence-corrected chi connectivity index (χ0v) is 11.7. The fourth-order valence-corrected chi connectivity index (χ4v) is 1.90. The lowest BCUT2D eigenvalue weighted by Gasteiger charge is -2.35. The number of esters is 1. The Balaban J connectivity index is 0. The molecule has 2 unspecified atom stereocenters. The van der Waals surface area contributed by atoms with Crippen LogP contribution in [-0.2, 0) is 9.53 Å². The first-order chi connectivity index (χ1) is 6.69. The van der Waals surface area contributed by atoms with Crippen molar-refractivity contribution in [3.8, 4) is 0 Å². The minimum Gasteiger partial charge on any atom is -0.466 e. The molecule has 0 bridgehead atoms. The molecule has 0 spiro atoms. The Morgan fingerprint density at radius 2 is 2.12 bits per heavy atom. The number of likely N-dealkylation sites (tertiary alicyclic amines) is 1. The SMILES string of the molecule is CCOC(=O)C1CCN(C)C(NC)C1.Cl.Cl. The predicted octanol–water partition coefficient (Wildman–Crippen LogP) is 1.28. The molecule has 1 rings (SSSR count). The van der Waals surface area contributed by atoms with Gasteiger partial charge in [0.25, 0.3) is 0 Å². The van der Waals surface area contributed by atoms with Crippen molar-refractivity contribution in [3.63, 3.8) is 0 Å². The molecule has 0 aliphatic carbocycles. The van der Waals surface area contributed by atoms with Crippen molar-refractivity contribution >= 4 is 30.8 Å². The van der Waals surface area contributed by atoms with Crippen LogP contribution >= 0.6 is 24.8 Å². The van der Waals surface area contributed by atoms with Gasteiger partial charge in [-0.3, -0.25) is 9.69 Å². The van der Waals surface area contributed by atoms with E-state index < -0.39 is 0 Å². The maximum Gasteiger partial charge on any atom is 0.309 e. The third kappa shape index (κ3) is 4.87. The second-order valence-corrected chi connectivity index (χ2v) is 3.76. The number of nitrogens with zero attached hydrogens (tertiary/aromatic N) is 1. The van der Waals surface area contributed by atoms with Crippen LogP contribution in [0.2, 0.25) is 0 Å². The van der Waals surface area contributed by atoms with Crippen molar-refractivity contribution in [2.45, 2.75) is 25.9 Å². The van der Waals surface area contributed by atoms with Crippen LogP contribution in [0.25, 0.3) is 0 Å². The molecule has 6 heteroatoms. The molecule has 1 fully saturated rings. The zero-order valence-electron chi connectivity index (χ0n) is 10.1. The van der Waals surface area contributed by atoms with Gasteiger partial charge in [0.2, 0.25) is 0 Å². The summed E-state index contributed by atoms with van der Waals surface area (Å²) in [4.78, 5) is 13.7. The summed E-state index contributed by atoms with van der Waals surface area (Å²) < 4.78 is 5.02. The third-order valence-corrected chi connectivity index (χ3v) is 2.82. The fraction of sp³-hybridized carbons (Fsp3) is 0.900. The van der Waals surface area contributed by atoms with E-state index in [0.717, 1.165) is 19.4 Å². The summed E-state index contributed by atoms with van der Waals surface area (Å²) in [6.45, 7) is 3.28. The summed E-state index contributed by atoms with van der Waals surface area (Å²) in [7, 11) is 4.00. The molecule has 0 aromatic rings. The molecule has 16 heavy (non-hydrogen) atoms. The smallest absolute Gasteiger partial charge is 0.309 e. The Bertz CT molecular complexity index is 205. The highest BCUT2D eigenvalue weighted by molar-refractivity contribution is 5.85. The Hall–Kier alpha value is -0.0300. The summed E-state index contributed by atoms with van der Waals surface area (Å²) in [5.74, 6) is 0.0319. The van der Waals surface area contributed by atoms with E-state index in [1.807, 2.05) is 14.0 Å². The minimum atomic E-state index is -0.0409. The number of halogens is 2. The van der Waals surface area contributed by atoms with E-state index in [4.69, 9.17) is 4.74 Å². The van der Waals surface area contributed by atoms with Crippen LogP contribution in [0.15, 0.2) is 0 Å². The van der Waals surface area contributed by atoms with E-state index in [1.165, 1.54) is 0 Å². The predicted molar refractivity (Wildman–Crippen MR) is 69.3 cm³/mol. The van der Waals surface area contributed by atoms with Crippen LogP contribution in [0.5, 0.6) is 0 Å². The fourth-order valence-electron chi connectivity index (χ4n) is 1.90. The second kappa shape index (κ2) is 9.05. The van der Waals surface area contributed by atoms with E-state index in [-0.39, 0.29) is 36.7 Å². The molecule has 1 heterocycles. The molecule has 0 amide bonds. The molecular formula is C10H22Cl2N2O2. The van der Waals surface area contributed by atoms with Gasteiger partial charge in [0, 0.05) is 6.54 Å². The molecule has 1 aliphatic rings.